The van der Waals surface area contributed by atoms with Crippen LogP contribution in [0.25, 0.3) is 5.69 Å². The van der Waals surface area contributed by atoms with Crippen molar-refractivity contribution in [2.24, 2.45) is 0 Å². The van der Waals surface area contributed by atoms with E-state index in [2.05, 4.69) is 15.1 Å². The second kappa shape index (κ2) is 7.75. The van der Waals surface area contributed by atoms with Gasteiger partial charge in [-0.3, -0.25) is 0 Å². The van der Waals surface area contributed by atoms with E-state index in [1.165, 1.54) is 17.1 Å². The molecular weight excluding hydrogens is 356 g/mol. The van der Waals surface area contributed by atoms with Crippen LogP contribution in [0.4, 0.5) is 0 Å². The fraction of sp³-hybridized carbons (Fsp3) is 0.471. The monoisotopic (exact) mass is 380 g/mol. The van der Waals surface area contributed by atoms with E-state index in [1.54, 1.807) is 20.3 Å². The maximum atomic E-state index is 12.7. The van der Waals surface area contributed by atoms with Crippen LogP contribution in [0.5, 0.6) is 5.75 Å². The molecule has 0 bridgehead atoms. The Bertz CT molecular complexity index is 844. The van der Waals surface area contributed by atoms with Crippen LogP contribution in [0.2, 0.25) is 0 Å². The first kappa shape index (κ1) is 18.8. The van der Waals surface area contributed by atoms with Gasteiger partial charge < -0.3 is 14.8 Å². The number of hydrogen-bond donors (Lipinski definition) is 2. The number of methoxy groups -OCH3 is 2. The Morgan fingerprint density at radius 3 is 2.85 bits per heavy atom. The molecule has 0 spiro atoms. The normalized spacial score (nSPS) is 20.4. The maximum absolute atomic E-state index is 12.7. The first-order chi connectivity index (χ1) is 12.5. The second-order valence-corrected chi connectivity index (χ2v) is 8.13. The average Bonchev–Trinajstić information content (AvgIpc) is 3.31. The van der Waals surface area contributed by atoms with Crippen LogP contribution in [0.3, 0.4) is 0 Å². The minimum absolute atomic E-state index is 0.106. The lowest BCUT2D eigenvalue weighted by molar-refractivity contribution is 0.122. The minimum atomic E-state index is -3.68. The van der Waals surface area contributed by atoms with Gasteiger partial charge in [-0.15, -0.1) is 0 Å². The molecule has 0 amide bonds. The first-order valence-electron chi connectivity index (χ1n) is 8.41. The summed E-state index contributed by atoms with van der Waals surface area (Å²) in [6.07, 6.45) is 4.67. The van der Waals surface area contributed by atoms with Crippen LogP contribution in [-0.2, 0) is 14.8 Å². The quantitative estimate of drug-likeness (QED) is 0.707. The lowest BCUT2D eigenvalue weighted by atomic mass is 9.99. The fourth-order valence-corrected chi connectivity index (χ4v) is 4.24. The van der Waals surface area contributed by atoms with E-state index in [1.807, 2.05) is 18.2 Å². The first-order valence-corrected chi connectivity index (χ1v) is 9.90. The zero-order valence-corrected chi connectivity index (χ0v) is 15.8. The minimum Gasteiger partial charge on any atom is -0.494 e. The molecule has 1 saturated heterocycles. The largest absolute Gasteiger partial charge is 0.494 e. The van der Waals surface area contributed by atoms with E-state index in [4.69, 9.17) is 9.47 Å². The number of sulfonamides is 1. The van der Waals surface area contributed by atoms with E-state index in [0.29, 0.717) is 18.0 Å². The Hall–Kier alpha value is -1.94. The molecule has 8 nitrogen and oxygen atoms in total. The van der Waals surface area contributed by atoms with Crippen molar-refractivity contribution in [3.8, 4) is 11.4 Å². The number of ether oxygens (including phenoxy) is 2. The Morgan fingerprint density at radius 1 is 1.35 bits per heavy atom. The summed E-state index contributed by atoms with van der Waals surface area (Å²) in [4.78, 5) is 0.106. The number of nitrogens with zero attached hydrogens (tertiary/aromatic N) is 2. The summed E-state index contributed by atoms with van der Waals surface area (Å²) in [5.41, 5.74) is 0.310. The molecule has 1 aliphatic rings. The van der Waals surface area contributed by atoms with Gasteiger partial charge in [0.05, 0.1) is 31.6 Å². The summed E-state index contributed by atoms with van der Waals surface area (Å²) >= 11 is 0. The predicted molar refractivity (Wildman–Crippen MR) is 97.1 cm³/mol. The summed E-state index contributed by atoms with van der Waals surface area (Å²) in [7, 11) is -0.501. The Kier molecular flexibility index (Phi) is 5.61. The van der Waals surface area contributed by atoms with E-state index in [9.17, 15) is 8.42 Å². The summed E-state index contributed by atoms with van der Waals surface area (Å²) in [6.45, 7) is 1.58. The number of hydrogen-bond acceptors (Lipinski definition) is 6. The molecule has 2 aromatic rings. The van der Waals surface area contributed by atoms with Crippen LogP contribution in [0.15, 0.2) is 41.6 Å². The number of benzene rings is 1. The molecule has 1 atom stereocenters. The molecule has 0 saturated carbocycles. The van der Waals surface area contributed by atoms with E-state index in [-0.39, 0.29) is 17.0 Å². The Labute approximate surface area is 153 Å². The highest BCUT2D eigenvalue weighted by atomic mass is 32.2. The third-order valence-electron chi connectivity index (χ3n) is 4.55. The van der Waals surface area contributed by atoms with Crippen LogP contribution >= 0.6 is 0 Å². The fourth-order valence-electron chi connectivity index (χ4n) is 3.18. The Balaban J connectivity index is 1.77. The summed E-state index contributed by atoms with van der Waals surface area (Å²) < 4.78 is 40.1. The van der Waals surface area contributed by atoms with Gasteiger partial charge in [0.1, 0.15) is 16.3 Å². The highest BCUT2D eigenvalue weighted by molar-refractivity contribution is 7.89. The van der Waals surface area contributed by atoms with E-state index >= 15 is 0 Å². The molecule has 0 aliphatic carbocycles. The molecule has 1 aromatic heterocycles. The highest BCUT2D eigenvalue weighted by Gasteiger charge is 2.35. The van der Waals surface area contributed by atoms with Crippen molar-refractivity contribution < 1.29 is 17.9 Å². The average molecular weight is 380 g/mol. The molecule has 1 aromatic carbocycles. The maximum Gasteiger partial charge on any atom is 0.243 e. The summed E-state index contributed by atoms with van der Waals surface area (Å²) in [6, 6.07) is 7.29. The molecule has 26 heavy (non-hydrogen) atoms. The highest BCUT2D eigenvalue weighted by Crippen LogP contribution is 2.23. The molecule has 1 fully saturated rings. The molecule has 1 unspecified atom stereocenters. The van der Waals surface area contributed by atoms with E-state index < -0.39 is 10.0 Å². The molecule has 0 radical (unpaired) electrons. The third kappa shape index (κ3) is 3.90. The van der Waals surface area contributed by atoms with Crippen molar-refractivity contribution in [3.05, 3.63) is 36.7 Å². The van der Waals surface area contributed by atoms with Crippen molar-refractivity contribution in [2.75, 3.05) is 33.9 Å². The molecule has 1 aliphatic heterocycles. The van der Waals surface area contributed by atoms with Crippen LogP contribution in [0.1, 0.15) is 12.8 Å². The van der Waals surface area contributed by atoms with Gasteiger partial charge in [-0.2, -0.15) is 5.10 Å². The van der Waals surface area contributed by atoms with Crippen LogP contribution in [0, 0.1) is 0 Å². The summed E-state index contributed by atoms with van der Waals surface area (Å²) in [5, 5.41) is 7.52. The topological polar surface area (TPSA) is 94.5 Å². The number of para-hydroxylation sites is 2. The SMILES string of the molecule is COCC1(CNS(=O)(=O)c2cnn(-c3ccccc3OC)c2)CCCN1. The molecule has 9 heteroatoms. The second-order valence-electron chi connectivity index (χ2n) is 6.36. The standard InChI is InChI=1S/C17H24N4O4S/c1-24-13-17(8-5-9-18-17)12-20-26(22,23)14-10-19-21(11-14)15-6-3-4-7-16(15)25-2/h3-4,6-7,10-11,18,20H,5,8-9,12-13H2,1-2H3. The van der Waals surface area contributed by atoms with Gasteiger partial charge in [0.15, 0.2) is 0 Å². The molecular formula is C17H24N4O4S. The molecule has 142 valence electrons. The van der Waals surface area contributed by atoms with Gasteiger partial charge in [0.25, 0.3) is 0 Å². The number of nitrogens with one attached hydrogen (secondary N) is 2. The van der Waals surface area contributed by atoms with Gasteiger partial charge in [-0.25, -0.2) is 17.8 Å². The number of aromatic nitrogens is 2. The van der Waals surface area contributed by atoms with Crippen LogP contribution in [-0.4, -0.2) is 57.7 Å². The van der Waals surface area contributed by atoms with Crippen molar-refractivity contribution in [1.29, 1.82) is 0 Å². The molecule has 2 N–H and O–H groups in total. The lowest BCUT2D eigenvalue weighted by Crippen LogP contribution is -2.52. The number of rotatable bonds is 8. The lowest BCUT2D eigenvalue weighted by Gasteiger charge is -2.28. The predicted octanol–water partition coefficient (Wildman–Crippen LogP) is 0.928. The summed E-state index contributed by atoms with van der Waals surface area (Å²) in [5.74, 6) is 0.613. The van der Waals surface area contributed by atoms with Gasteiger partial charge in [-0.1, -0.05) is 12.1 Å². The van der Waals surface area contributed by atoms with Gasteiger partial charge in [0.2, 0.25) is 10.0 Å². The Morgan fingerprint density at radius 2 is 2.15 bits per heavy atom. The zero-order valence-electron chi connectivity index (χ0n) is 14.9. The zero-order chi connectivity index (χ0) is 18.6. The molecule has 2 heterocycles. The van der Waals surface area contributed by atoms with Gasteiger partial charge in [0, 0.05) is 13.7 Å². The third-order valence-corrected chi connectivity index (χ3v) is 5.91. The van der Waals surface area contributed by atoms with Crippen molar-refractivity contribution in [3.63, 3.8) is 0 Å². The molecule has 3 rings (SSSR count). The van der Waals surface area contributed by atoms with Crippen molar-refractivity contribution >= 4 is 10.0 Å². The van der Waals surface area contributed by atoms with Gasteiger partial charge >= 0.3 is 0 Å². The van der Waals surface area contributed by atoms with Crippen molar-refractivity contribution in [1.82, 2.24) is 19.8 Å². The van der Waals surface area contributed by atoms with E-state index in [0.717, 1.165) is 19.4 Å². The van der Waals surface area contributed by atoms with Crippen molar-refractivity contribution in [2.45, 2.75) is 23.3 Å². The van der Waals surface area contributed by atoms with Gasteiger partial charge in [-0.05, 0) is 31.5 Å². The smallest absolute Gasteiger partial charge is 0.243 e. The van der Waals surface area contributed by atoms with Crippen LogP contribution < -0.4 is 14.8 Å².